The lowest BCUT2D eigenvalue weighted by Gasteiger charge is -2.12. The average Bonchev–Trinajstić information content (AvgIpc) is 3.00. The van der Waals surface area contributed by atoms with Gasteiger partial charge >= 0.3 is 6.36 Å². The number of alkyl halides is 3. The van der Waals surface area contributed by atoms with E-state index in [0.717, 1.165) is 16.8 Å². The molecule has 4 nitrogen and oxygen atoms in total. The molecule has 29 heavy (non-hydrogen) atoms. The predicted molar refractivity (Wildman–Crippen MR) is 103 cm³/mol. The highest BCUT2D eigenvalue weighted by Gasteiger charge is 2.33. The van der Waals surface area contributed by atoms with Gasteiger partial charge in [-0.1, -0.05) is 48.5 Å². The van der Waals surface area contributed by atoms with Crippen LogP contribution in [-0.4, -0.2) is 17.4 Å². The molecule has 2 N–H and O–H groups in total. The molecule has 0 bridgehead atoms. The molecule has 1 heterocycles. The molecule has 1 aliphatic heterocycles. The number of aryl methyl sites for hydroxylation is 1. The number of halogens is 3. The van der Waals surface area contributed by atoms with Gasteiger partial charge in [0.05, 0.1) is 5.92 Å². The van der Waals surface area contributed by atoms with Gasteiger partial charge in [0.15, 0.2) is 0 Å². The molecule has 3 aromatic rings. The molecule has 0 radical (unpaired) electrons. The number of ether oxygens (including phenoxy) is 1. The number of rotatable bonds is 2. The number of hydrogen-bond acceptors (Lipinski definition) is 3. The molecule has 1 aliphatic rings. The maximum atomic E-state index is 12.2. The van der Waals surface area contributed by atoms with Crippen molar-refractivity contribution in [2.24, 2.45) is 0 Å². The van der Waals surface area contributed by atoms with E-state index in [4.69, 9.17) is 5.11 Å². The molecule has 0 aromatic heterocycles. The number of phenolic OH excluding ortho intramolecular Hbond substituents is 1. The molecule has 1 atom stereocenters. The maximum absolute atomic E-state index is 12.2. The Hall–Kier alpha value is -3.48. The predicted octanol–water partition coefficient (Wildman–Crippen LogP) is 5.37. The lowest BCUT2D eigenvalue weighted by molar-refractivity contribution is -0.274. The standard InChI is InChI=1S/C16H12F3NO2.C6H6O/c1-9-3-2-4-12-13(15(21)20-14(9)12)10-5-7-11(8-6-10)22-16(17,18)19;7-6-4-2-1-3-5-6/h2-8,13H,1H3,(H,20,21);1-5,7H. The zero-order valence-electron chi connectivity index (χ0n) is 15.4. The molecular formula is C22H18F3NO3. The van der Waals surface area contributed by atoms with Crippen LogP contribution >= 0.6 is 0 Å². The van der Waals surface area contributed by atoms with Crippen LogP contribution in [-0.2, 0) is 4.79 Å². The van der Waals surface area contributed by atoms with Gasteiger partial charge < -0.3 is 15.2 Å². The van der Waals surface area contributed by atoms with E-state index in [-0.39, 0.29) is 11.7 Å². The van der Waals surface area contributed by atoms with Crippen LogP contribution < -0.4 is 10.1 Å². The third-order valence-electron chi connectivity index (χ3n) is 4.33. The van der Waals surface area contributed by atoms with E-state index in [1.54, 1.807) is 24.3 Å². The molecule has 7 heteroatoms. The number of benzene rings is 3. The molecule has 0 saturated heterocycles. The van der Waals surface area contributed by atoms with Crippen LogP contribution in [0.3, 0.4) is 0 Å². The molecule has 3 aromatic carbocycles. The number of anilines is 1. The first kappa shape index (κ1) is 20.3. The van der Waals surface area contributed by atoms with Gasteiger partial charge in [-0.05, 0) is 47.9 Å². The second-order valence-electron chi connectivity index (χ2n) is 6.41. The van der Waals surface area contributed by atoms with Crippen molar-refractivity contribution in [2.75, 3.05) is 5.32 Å². The smallest absolute Gasteiger partial charge is 0.508 e. The number of para-hydroxylation sites is 2. The highest BCUT2D eigenvalue weighted by molar-refractivity contribution is 6.05. The highest BCUT2D eigenvalue weighted by atomic mass is 19.4. The Morgan fingerprint density at radius 3 is 2.14 bits per heavy atom. The van der Waals surface area contributed by atoms with Crippen molar-refractivity contribution in [2.45, 2.75) is 19.2 Å². The Morgan fingerprint density at radius 2 is 1.59 bits per heavy atom. The van der Waals surface area contributed by atoms with Crippen molar-refractivity contribution in [3.63, 3.8) is 0 Å². The SMILES string of the molecule is Cc1cccc2c1NC(=O)C2c1ccc(OC(F)(F)F)cc1.Oc1ccccc1. The molecule has 4 rings (SSSR count). The Labute approximate surface area is 165 Å². The summed E-state index contributed by atoms with van der Waals surface area (Å²) in [5.74, 6) is -0.690. The fourth-order valence-electron chi connectivity index (χ4n) is 3.06. The normalized spacial score (nSPS) is 15.0. The van der Waals surface area contributed by atoms with Gasteiger partial charge in [-0.3, -0.25) is 4.79 Å². The number of carbonyl (C=O) groups excluding carboxylic acids is 1. The Bertz CT molecular complexity index is 986. The van der Waals surface area contributed by atoms with E-state index >= 15 is 0 Å². The van der Waals surface area contributed by atoms with E-state index in [0.29, 0.717) is 11.3 Å². The first-order valence-corrected chi connectivity index (χ1v) is 8.75. The average molecular weight is 401 g/mol. The summed E-state index contributed by atoms with van der Waals surface area (Å²) in [6, 6.07) is 19.7. The van der Waals surface area contributed by atoms with Gasteiger partial charge in [0, 0.05) is 5.69 Å². The van der Waals surface area contributed by atoms with Gasteiger partial charge in [0.25, 0.3) is 0 Å². The Balaban J connectivity index is 0.000000290. The molecular weight excluding hydrogens is 383 g/mol. The summed E-state index contributed by atoms with van der Waals surface area (Å²) in [7, 11) is 0. The fourth-order valence-corrected chi connectivity index (χ4v) is 3.06. The van der Waals surface area contributed by atoms with Crippen LogP contribution in [0.25, 0.3) is 0 Å². The Kier molecular flexibility index (Phi) is 5.77. The number of phenols is 1. The first-order chi connectivity index (χ1) is 13.7. The van der Waals surface area contributed by atoms with Crippen molar-refractivity contribution < 1.29 is 27.8 Å². The van der Waals surface area contributed by atoms with Gasteiger partial charge in [-0.15, -0.1) is 13.2 Å². The van der Waals surface area contributed by atoms with Gasteiger partial charge in [0.2, 0.25) is 5.91 Å². The second-order valence-corrected chi connectivity index (χ2v) is 6.41. The van der Waals surface area contributed by atoms with Gasteiger partial charge in [-0.25, -0.2) is 0 Å². The summed E-state index contributed by atoms with van der Waals surface area (Å²) >= 11 is 0. The van der Waals surface area contributed by atoms with Crippen LogP contribution in [0, 0.1) is 6.92 Å². The zero-order chi connectivity index (χ0) is 21.0. The molecule has 0 aliphatic carbocycles. The van der Waals surface area contributed by atoms with E-state index in [9.17, 15) is 18.0 Å². The van der Waals surface area contributed by atoms with E-state index < -0.39 is 12.3 Å². The fraction of sp³-hybridized carbons (Fsp3) is 0.136. The summed E-state index contributed by atoms with van der Waals surface area (Å²) in [6.07, 6.45) is -4.73. The summed E-state index contributed by atoms with van der Waals surface area (Å²) in [5, 5.41) is 11.4. The Morgan fingerprint density at radius 1 is 0.931 bits per heavy atom. The topological polar surface area (TPSA) is 58.6 Å². The minimum atomic E-state index is -4.73. The molecule has 0 saturated carbocycles. The minimum absolute atomic E-state index is 0.186. The van der Waals surface area contributed by atoms with E-state index in [2.05, 4.69) is 10.1 Å². The largest absolute Gasteiger partial charge is 0.573 e. The van der Waals surface area contributed by atoms with Crippen molar-refractivity contribution in [3.8, 4) is 11.5 Å². The van der Waals surface area contributed by atoms with Crippen LogP contribution in [0.2, 0.25) is 0 Å². The van der Waals surface area contributed by atoms with Crippen molar-refractivity contribution in [3.05, 3.63) is 89.5 Å². The van der Waals surface area contributed by atoms with Crippen molar-refractivity contribution in [1.29, 1.82) is 0 Å². The summed E-state index contributed by atoms with van der Waals surface area (Å²) in [6.45, 7) is 1.89. The van der Waals surface area contributed by atoms with Gasteiger partial charge in [-0.2, -0.15) is 0 Å². The molecule has 150 valence electrons. The van der Waals surface area contributed by atoms with Crippen molar-refractivity contribution in [1.82, 2.24) is 0 Å². The lowest BCUT2D eigenvalue weighted by atomic mass is 9.92. The lowest BCUT2D eigenvalue weighted by Crippen LogP contribution is -2.17. The molecule has 0 spiro atoms. The maximum Gasteiger partial charge on any atom is 0.573 e. The van der Waals surface area contributed by atoms with E-state index in [1.807, 2.05) is 31.2 Å². The molecule has 1 unspecified atom stereocenters. The summed E-state index contributed by atoms with van der Waals surface area (Å²) in [5.41, 5.74) is 3.17. The van der Waals surface area contributed by atoms with Crippen LogP contribution in [0.1, 0.15) is 22.6 Å². The number of carbonyl (C=O) groups is 1. The number of fused-ring (bicyclic) bond motifs is 1. The summed E-state index contributed by atoms with van der Waals surface area (Å²) in [4.78, 5) is 12.2. The molecule has 1 amide bonds. The minimum Gasteiger partial charge on any atom is -0.508 e. The van der Waals surface area contributed by atoms with Gasteiger partial charge in [0.1, 0.15) is 11.5 Å². The zero-order valence-corrected chi connectivity index (χ0v) is 15.4. The monoisotopic (exact) mass is 401 g/mol. The number of aromatic hydroxyl groups is 1. The molecule has 0 fully saturated rings. The number of hydrogen-bond donors (Lipinski definition) is 2. The third-order valence-corrected chi connectivity index (χ3v) is 4.33. The number of nitrogens with one attached hydrogen (secondary N) is 1. The quantitative estimate of drug-likeness (QED) is 0.607. The first-order valence-electron chi connectivity index (χ1n) is 8.75. The number of amides is 1. The third kappa shape index (κ3) is 5.07. The van der Waals surface area contributed by atoms with E-state index in [1.165, 1.54) is 24.3 Å². The van der Waals surface area contributed by atoms with Crippen LogP contribution in [0.5, 0.6) is 11.5 Å². The van der Waals surface area contributed by atoms with Crippen molar-refractivity contribution >= 4 is 11.6 Å². The second kappa shape index (κ2) is 8.26. The van der Waals surface area contributed by atoms with Crippen LogP contribution in [0.15, 0.2) is 72.8 Å². The van der Waals surface area contributed by atoms with Crippen LogP contribution in [0.4, 0.5) is 18.9 Å². The summed E-state index contributed by atoms with van der Waals surface area (Å²) < 4.78 is 40.3. The highest BCUT2D eigenvalue weighted by Crippen LogP contribution is 2.39.